The highest BCUT2D eigenvalue weighted by Gasteiger charge is 2.35. The molecule has 1 saturated heterocycles. The fraction of sp³-hybridized carbons (Fsp3) is 1.00. The molecule has 13 heavy (non-hydrogen) atoms. The summed E-state index contributed by atoms with van der Waals surface area (Å²) in [6.45, 7) is -0.0297. The third-order valence-corrected chi connectivity index (χ3v) is 3.83. The molecule has 1 aliphatic heterocycles. The minimum atomic E-state index is -3.39. The quantitative estimate of drug-likeness (QED) is 0.470. The Hall–Kier alpha value is -0.210. The van der Waals surface area contributed by atoms with Crippen molar-refractivity contribution < 1.29 is 18.6 Å². The van der Waals surface area contributed by atoms with Crippen molar-refractivity contribution in [1.82, 2.24) is 4.31 Å². The Kier molecular flexibility index (Phi) is 3.25. The van der Waals surface area contributed by atoms with Gasteiger partial charge in [-0.15, -0.1) is 0 Å². The number of nitrogens with two attached hydrogens (primary N) is 1. The van der Waals surface area contributed by atoms with Gasteiger partial charge in [-0.25, -0.2) is 8.42 Å². The Bertz CT molecular complexity index is 256. The minimum Gasteiger partial charge on any atom is -0.389 e. The summed E-state index contributed by atoms with van der Waals surface area (Å²) >= 11 is 0. The zero-order valence-electron chi connectivity index (χ0n) is 7.13. The lowest BCUT2D eigenvalue weighted by molar-refractivity contribution is 0.0572. The first kappa shape index (κ1) is 10.9. The van der Waals surface area contributed by atoms with E-state index in [1.54, 1.807) is 0 Å². The molecule has 1 rings (SSSR count). The number of aliphatic hydroxyl groups excluding tert-OH is 2. The average molecular weight is 210 g/mol. The second-order valence-electron chi connectivity index (χ2n) is 3.06. The zero-order valence-corrected chi connectivity index (χ0v) is 7.94. The molecule has 0 radical (unpaired) electrons. The van der Waals surface area contributed by atoms with Crippen LogP contribution in [0.1, 0.15) is 0 Å². The van der Waals surface area contributed by atoms with Crippen LogP contribution in [0.5, 0.6) is 0 Å². The highest BCUT2D eigenvalue weighted by Crippen LogP contribution is 2.14. The molecule has 0 saturated carbocycles. The fourth-order valence-corrected chi connectivity index (χ4v) is 2.56. The molecule has 4 N–H and O–H groups in total. The summed E-state index contributed by atoms with van der Waals surface area (Å²) < 4.78 is 23.8. The first-order chi connectivity index (χ1) is 5.97. The van der Waals surface area contributed by atoms with Gasteiger partial charge in [-0.05, 0) is 0 Å². The van der Waals surface area contributed by atoms with E-state index in [1.807, 2.05) is 0 Å². The van der Waals surface area contributed by atoms with Gasteiger partial charge in [0.15, 0.2) is 0 Å². The molecule has 0 aliphatic carbocycles. The molecule has 1 heterocycles. The Morgan fingerprint density at radius 1 is 1.31 bits per heavy atom. The van der Waals surface area contributed by atoms with E-state index >= 15 is 0 Å². The predicted octanol–water partition coefficient (Wildman–Crippen LogP) is -2.69. The largest absolute Gasteiger partial charge is 0.389 e. The molecule has 0 amide bonds. The molecule has 6 nitrogen and oxygen atoms in total. The van der Waals surface area contributed by atoms with Crippen LogP contribution >= 0.6 is 0 Å². The number of aliphatic hydroxyl groups is 2. The van der Waals surface area contributed by atoms with Gasteiger partial charge in [-0.3, -0.25) is 0 Å². The van der Waals surface area contributed by atoms with Crippen molar-refractivity contribution in [3.63, 3.8) is 0 Å². The highest BCUT2D eigenvalue weighted by molar-refractivity contribution is 7.89. The summed E-state index contributed by atoms with van der Waals surface area (Å²) in [4.78, 5) is 0. The maximum Gasteiger partial charge on any atom is 0.215 e. The van der Waals surface area contributed by atoms with E-state index in [0.29, 0.717) is 0 Å². The SMILES string of the molecule is NCCS(=O)(=O)N1CC(O)C(O)C1. The number of hydrogen-bond donors (Lipinski definition) is 3. The van der Waals surface area contributed by atoms with Gasteiger partial charge in [0.1, 0.15) is 0 Å². The van der Waals surface area contributed by atoms with Gasteiger partial charge in [-0.1, -0.05) is 0 Å². The number of rotatable bonds is 3. The maximum absolute atomic E-state index is 11.3. The summed E-state index contributed by atoms with van der Waals surface area (Å²) in [6, 6.07) is 0. The molecular formula is C6H14N2O4S. The average Bonchev–Trinajstić information content (AvgIpc) is 2.33. The maximum atomic E-state index is 11.3. The molecule has 0 aromatic rings. The van der Waals surface area contributed by atoms with Crippen molar-refractivity contribution in [2.24, 2.45) is 5.73 Å². The summed E-state index contributed by atoms with van der Waals surface area (Å²) in [6.07, 6.45) is -1.96. The van der Waals surface area contributed by atoms with Crippen molar-refractivity contribution in [2.45, 2.75) is 12.2 Å². The van der Waals surface area contributed by atoms with Crippen molar-refractivity contribution >= 4 is 10.0 Å². The van der Waals surface area contributed by atoms with Gasteiger partial charge in [0, 0.05) is 19.6 Å². The molecular weight excluding hydrogens is 196 g/mol. The van der Waals surface area contributed by atoms with Gasteiger partial charge in [0.2, 0.25) is 10.0 Å². The van der Waals surface area contributed by atoms with Crippen LogP contribution in [-0.2, 0) is 10.0 Å². The first-order valence-corrected chi connectivity index (χ1v) is 5.62. The zero-order chi connectivity index (χ0) is 10.1. The lowest BCUT2D eigenvalue weighted by Gasteiger charge is -2.14. The van der Waals surface area contributed by atoms with Crippen LogP contribution in [0.25, 0.3) is 0 Å². The molecule has 2 unspecified atom stereocenters. The van der Waals surface area contributed by atoms with Gasteiger partial charge in [0.05, 0.1) is 18.0 Å². The van der Waals surface area contributed by atoms with Crippen molar-refractivity contribution in [1.29, 1.82) is 0 Å². The van der Waals surface area contributed by atoms with Gasteiger partial charge >= 0.3 is 0 Å². The molecule has 0 bridgehead atoms. The Labute approximate surface area is 77.0 Å². The molecule has 1 fully saturated rings. The molecule has 0 aromatic heterocycles. The summed E-state index contributed by atoms with van der Waals surface area (Å²) in [5.41, 5.74) is 5.12. The summed E-state index contributed by atoms with van der Waals surface area (Å²) in [5.74, 6) is -0.146. The van der Waals surface area contributed by atoms with E-state index in [9.17, 15) is 8.42 Å². The third-order valence-electron chi connectivity index (χ3n) is 1.99. The predicted molar refractivity (Wildman–Crippen MR) is 46.4 cm³/mol. The second-order valence-corrected chi connectivity index (χ2v) is 5.14. The van der Waals surface area contributed by atoms with E-state index in [-0.39, 0.29) is 25.4 Å². The van der Waals surface area contributed by atoms with E-state index in [2.05, 4.69) is 0 Å². The fourth-order valence-electron chi connectivity index (χ4n) is 1.24. The van der Waals surface area contributed by atoms with Crippen LogP contribution in [0.4, 0.5) is 0 Å². The van der Waals surface area contributed by atoms with Gasteiger partial charge in [-0.2, -0.15) is 4.31 Å². The molecule has 1 aliphatic rings. The van der Waals surface area contributed by atoms with Crippen molar-refractivity contribution in [2.75, 3.05) is 25.4 Å². The number of nitrogens with zero attached hydrogens (tertiary/aromatic N) is 1. The standard InChI is InChI=1S/C6H14N2O4S/c7-1-2-13(11,12)8-3-5(9)6(10)4-8/h5-6,9-10H,1-4,7H2. The van der Waals surface area contributed by atoms with Crippen LogP contribution in [0.15, 0.2) is 0 Å². The normalized spacial score (nSPS) is 31.0. The van der Waals surface area contributed by atoms with E-state index in [0.717, 1.165) is 4.31 Å². The van der Waals surface area contributed by atoms with Crippen molar-refractivity contribution in [3.8, 4) is 0 Å². The Balaban J connectivity index is 2.65. The lowest BCUT2D eigenvalue weighted by atomic mass is 10.3. The van der Waals surface area contributed by atoms with Crippen LogP contribution in [0, 0.1) is 0 Å². The molecule has 0 aromatic carbocycles. The number of hydrogen-bond acceptors (Lipinski definition) is 5. The third kappa shape index (κ3) is 2.38. The monoisotopic (exact) mass is 210 g/mol. The molecule has 2 atom stereocenters. The van der Waals surface area contributed by atoms with Crippen LogP contribution in [-0.4, -0.2) is 60.5 Å². The topological polar surface area (TPSA) is 104 Å². The first-order valence-electron chi connectivity index (χ1n) is 4.01. The van der Waals surface area contributed by atoms with Gasteiger partial charge < -0.3 is 15.9 Å². The summed E-state index contributed by atoms with van der Waals surface area (Å²) in [5, 5.41) is 18.2. The number of sulfonamides is 1. The van der Waals surface area contributed by atoms with E-state index in [1.165, 1.54) is 0 Å². The molecule has 0 spiro atoms. The smallest absolute Gasteiger partial charge is 0.215 e. The second kappa shape index (κ2) is 3.89. The Morgan fingerprint density at radius 2 is 1.77 bits per heavy atom. The Morgan fingerprint density at radius 3 is 2.15 bits per heavy atom. The molecule has 7 heteroatoms. The van der Waals surface area contributed by atoms with E-state index < -0.39 is 22.2 Å². The van der Waals surface area contributed by atoms with Crippen LogP contribution < -0.4 is 5.73 Å². The van der Waals surface area contributed by atoms with Crippen LogP contribution in [0.2, 0.25) is 0 Å². The molecule has 78 valence electrons. The van der Waals surface area contributed by atoms with Crippen LogP contribution in [0.3, 0.4) is 0 Å². The lowest BCUT2D eigenvalue weighted by Crippen LogP contribution is -2.34. The number of β-amino-alcohol motifs (C(OH)–C–C–N with tert-alkyl or cyclic N) is 2. The van der Waals surface area contributed by atoms with Crippen molar-refractivity contribution in [3.05, 3.63) is 0 Å². The van der Waals surface area contributed by atoms with Gasteiger partial charge in [0.25, 0.3) is 0 Å². The van der Waals surface area contributed by atoms with E-state index in [4.69, 9.17) is 15.9 Å². The highest BCUT2D eigenvalue weighted by atomic mass is 32.2. The minimum absolute atomic E-state index is 0.0382. The summed E-state index contributed by atoms with van der Waals surface area (Å²) in [7, 11) is -3.39.